The van der Waals surface area contributed by atoms with Crippen molar-refractivity contribution in [3.63, 3.8) is 0 Å². The summed E-state index contributed by atoms with van der Waals surface area (Å²) >= 11 is 6.22. The zero-order chi connectivity index (χ0) is 26.6. The second-order valence-electron chi connectivity index (χ2n) is 9.95. The van der Waals surface area contributed by atoms with Crippen molar-refractivity contribution in [2.24, 2.45) is 11.8 Å². The first-order chi connectivity index (χ1) is 17.9. The van der Waals surface area contributed by atoms with Crippen LogP contribution in [0.1, 0.15) is 92.3 Å². The summed E-state index contributed by atoms with van der Waals surface area (Å²) in [5.41, 5.74) is 1.42. The number of ether oxygens (including phenoxy) is 2. The lowest BCUT2D eigenvalue weighted by Crippen LogP contribution is -2.31. The van der Waals surface area contributed by atoms with Crippen molar-refractivity contribution in [3.05, 3.63) is 70.0 Å². The van der Waals surface area contributed by atoms with Crippen LogP contribution in [0.25, 0.3) is 0 Å². The molecule has 7 heteroatoms. The maximum absolute atomic E-state index is 14.8. The van der Waals surface area contributed by atoms with Gasteiger partial charge >= 0.3 is 5.97 Å². The molecule has 1 saturated carbocycles. The van der Waals surface area contributed by atoms with E-state index in [2.05, 4.69) is 17.0 Å². The van der Waals surface area contributed by atoms with E-state index in [-0.39, 0.29) is 24.6 Å². The Balaban J connectivity index is 1.71. The van der Waals surface area contributed by atoms with Gasteiger partial charge in [0.15, 0.2) is 0 Å². The highest BCUT2D eigenvalue weighted by atomic mass is 35.5. The van der Waals surface area contributed by atoms with E-state index in [1.807, 2.05) is 12.1 Å². The van der Waals surface area contributed by atoms with Crippen LogP contribution < -0.4 is 5.32 Å². The highest BCUT2D eigenvalue weighted by Crippen LogP contribution is 2.31. The zero-order valence-corrected chi connectivity index (χ0v) is 22.7. The summed E-state index contributed by atoms with van der Waals surface area (Å²) < 4.78 is 25.6. The van der Waals surface area contributed by atoms with Gasteiger partial charge in [-0.25, -0.2) is 4.39 Å². The number of amides is 1. The van der Waals surface area contributed by atoms with Crippen LogP contribution in [0, 0.1) is 17.7 Å². The highest BCUT2D eigenvalue weighted by Gasteiger charge is 2.22. The molecule has 1 aliphatic carbocycles. The van der Waals surface area contributed by atoms with Crippen LogP contribution in [-0.2, 0) is 14.3 Å². The molecule has 0 aromatic heterocycles. The van der Waals surface area contributed by atoms with Gasteiger partial charge in [0.2, 0.25) is 0 Å². The van der Waals surface area contributed by atoms with E-state index >= 15 is 0 Å². The van der Waals surface area contributed by atoms with Crippen molar-refractivity contribution in [2.75, 3.05) is 20.3 Å². The molecular formula is C30H39ClFNO4. The molecule has 0 radical (unpaired) electrons. The number of carbonyl (C=O) groups is 2. The Morgan fingerprint density at radius 2 is 1.86 bits per heavy atom. The average molecular weight is 532 g/mol. The smallest absolute Gasteiger partial charge is 0.305 e. The number of carbonyl (C=O) groups excluding carboxylic acids is 2. The maximum atomic E-state index is 14.8. The summed E-state index contributed by atoms with van der Waals surface area (Å²) in [5, 5.41) is 3.52. The molecule has 1 amide bonds. The number of nitrogens with one attached hydrogen (secondary N) is 1. The number of hydrogen-bond acceptors (Lipinski definition) is 4. The maximum Gasteiger partial charge on any atom is 0.305 e. The summed E-state index contributed by atoms with van der Waals surface area (Å²) in [5.74, 6) is -0.187. The largest absolute Gasteiger partial charge is 0.469 e. The van der Waals surface area contributed by atoms with Crippen LogP contribution in [0.5, 0.6) is 0 Å². The molecule has 2 aromatic rings. The monoisotopic (exact) mass is 531 g/mol. The Morgan fingerprint density at radius 1 is 1.11 bits per heavy atom. The van der Waals surface area contributed by atoms with Crippen LogP contribution in [-0.4, -0.2) is 32.1 Å². The van der Waals surface area contributed by atoms with Gasteiger partial charge in [0.05, 0.1) is 12.7 Å². The van der Waals surface area contributed by atoms with E-state index in [1.54, 1.807) is 24.3 Å². The average Bonchev–Trinajstić information content (AvgIpc) is 2.91. The molecule has 0 aliphatic heterocycles. The first-order valence-corrected chi connectivity index (χ1v) is 13.8. The molecule has 5 nitrogen and oxygen atoms in total. The standard InChI is InChI=1S/C30H39ClFNO4/c1-3-21(17-22-9-5-4-6-10-22)20-33-30(35)26-19-24(14-15-27(26)32)29(23-11-7-12-25(31)18-23)37-16-8-13-28(34)36-2/h7,11-12,14-15,18-19,21-22,29H,3-6,8-10,13,16-17,20H2,1-2H3,(H,33,35)/t21?,29-/m0/s1. The third-order valence-corrected chi connectivity index (χ3v) is 7.48. The minimum atomic E-state index is -0.572. The zero-order valence-electron chi connectivity index (χ0n) is 21.9. The number of methoxy groups -OCH3 is 1. The normalized spacial score (nSPS) is 15.7. The lowest BCUT2D eigenvalue weighted by molar-refractivity contribution is -0.141. The van der Waals surface area contributed by atoms with Gasteiger partial charge in [-0.2, -0.15) is 0 Å². The number of benzene rings is 2. The second-order valence-corrected chi connectivity index (χ2v) is 10.4. The van der Waals surface area contributed by atoms with E-state index in [0.29, 0.717) is 29.5 Å². The van der Waals surface area contributed by atoms with Gasteiger partial charge in [0.1, 0.15) is 11.9 Å². The third kappa shape index (κ3) is 9.11. The first-order valence-electron chi connectivity index (χ1n) is 13.4. The minimum Gasteiger partial charge on any atom is -0.469 e. The van der Waals surface area contributed by atoms with Crippen LogP contribution >= 0.6 is 11.6 Å². The molecule has 1 aliphatic rings. The molecule has 0 bridgehead atoms. The SMILES string of the molecule is CCC(CNC(=O)c1cc([C@@H](OCCCC(=O)OC)c2cccc(Cl)c2)ccc1F)CC1CCCCC1. The summed E-state index contributed by atoms with van der Waals surface area (Å²) in [6, 6.07) is 11.7. The molecule has 3 rings (SSSR count). The fourth-order valence-corrected chi connectivity index (χ4v) is 5.27. The molecule has 1 fully saturated rings. The predicted octanol–water partition coefficient (Wildman–Crippen LogP) is 7.26. The Morgan fingerprint density at radius 3 is 2.57 bits per heavy atom. The van der Waals surface area contributed by atoms with Gasteiger partial charge in [-0.05, 0) is 60.1 Å². The number of halogens is 2. The van der Waals surface area contributed by atoms with Crippen LogP contribution in [0.4, 0.5) is 4.39 Å². The van der Waals surface area contributed by atoms with Crippen molar-refractivity contribution in [1.29, 1.82) is 0 Å². The third-order valence-electron chi connectivity index (χ3n) is 7.25. The number of esters is 1. The van der Waals surface area contributed by atoms with Crippen LogP contribution in [0.15, 0.2) is 42.5 Å². The first kappa shape index (κ1) is 29.1. The summed E-state index contributed by atoms with van der Waals surface area (Å²) in [6.07, 6.45) is 8.67. The molecule has 0 saturated heterocycles. The van der Waals surface area contributed by atoms with Gasteiger partial charge in [-0.15, -0.1) is 0 Å². The van der Waals surface area contributed by atoms with Gasteiger partial charge in [-0.1, -0.05) is 75.2 Å². The van der Waals surface area contributed by atoms with Gasteiger partial charge in [-0.3, -0.25) is 9.59 Å². The molecule has 1 N–H and O–H groups in total. The Hall–Kier alpha value is -2.44. The van der Waals surface area contributed by atoms with E-state index in [4.69, 9.17) is 16.3 Å². The van der Waals surface area contributed by atoms with E-state index in [1.165, 1.54) is 45.3 Å². The van der Waals surface area contributed by atoms with E-state index < -0.39 is 17.8 Å². The molecular weight excluding hydrogens is 493 g/mol. The summed E-state index contributed by atoms with van der Waals surface area (Å²) in [6.45, 7) is 2.97. The molecule has 0 heterocycles. The number of rotatable bonds is 13. The molecule has 1 unspecified atom stereocenters. The van der Waals surface area contributed by atoms with Crippen molar-refractivity contribution in [1.82, 2.24) is 5.32 Å². The molecule has 37 heavy (non-hydrogen) atoms. The number of hydrogen-bond donors (Lipinski definition) is 1. The fourth-order valence-electron chi connectivity index (χ4n) is 5.08. The summed E-state index contributed by atoms with van der Waals surface area (Å²) in [7, 11) is 1.35. The predicted molar refractivity (Wildman–Crippen MR) is 144 cm³/mol. The van der Waals surface area contributed by atoms with Crippen molar-refractivity contribution < 1.29 is 23.5 Å². The fraction of sp³-hybridized carbons (Fsp3) is 0.533. The Kier molecular flexibility index (Phi) is 11.9. The highest BCUT2D eigenvalue weighted by molar-refractivity contribution is 6.30. The molecule has 2 atom stereocenters. The van der Waals surface area contributed by atoms with Crippen molar-refractivity contribution in [3.8, 4) is 0 Å². The van der Waals surface area contributed by atoms with Crippen molar-refractivity contribution >= 4 is 23.5 Å². The Bertz CT molecular complexity index is 1020. The topological polar surface area (TPSA) is 64.6 Å². The Labute approximate surface area is 225 Å². The molecule has 0 spiro atoms. The lowest BCUT2D eigenvalue weighted by atomic mass is 9.82. The van der Waals surface area contributed by atoms with Crippen LogP contribution in [0.2, 0.25) is 5.02 Å². The molecule has 2 aromatic carbocycles. The van der Waals surface area contributed by atoms with E-state index in [0.717, 1.165) is 24.3 Å². The van der Waals surface area contributed by atoms with E-state index in [9.17, 15) is 14.0 Å². The summed E-state index contributed by atoms with van der Waals surface area (Å²) in [4.78, 5) is 24.5. The van der Waals surface area contributed by atoms with Crippen molar-refractivity contribution in [2.45, 2.75) is 70.8 Å². The van der Waals surface area contributed by atoms with Gasteiger partial charge in [0.25, 0.3) is 5.91 Å². The van der Waals surface area contributed by atoms with Gasteiger partial charge < -0.3 is 14.8 Å². The quantitative estimate of drug-likeness (QED) is 0.218. The molecule has 202 valence electrons. The minimum absolute atomic E-state index is 0.00444. The second kappa shape index (κ2) is 15.1. The van der Waals surface area contributed by atoms with Crippen LogP contribution in [0.3, 0.4) is 0 Å². The van der Waals surface area contributed by atoms with Gasteiger partial charge in [0, 0.05) is 24.6 Å². The lowest BCUT2D eigenvalue weighted by Gasteiger charge is -2.26.